The van der Waals surface area contributed by atoms with Gasteiger partial charge in [0.2, 0.25) is 0 Å². The number of thiazole rings is 1. The zero-order valence-corrected chi connectivity index (χ0v) is 13.5. The summed E-state index contributed by atoms with van der Waals surface area (Å²) in [7, 11) is 0. The minimum Gasteiger partial charge on any atom is -0.467 e. The van der Waals surface area contributed by atoms with E-state index in [-0.39, 0.29) is 5.54 Å². The van der Waals surface area contributed by atoms with Crippen LogP contribution >= 0.6 is 11.3 Å². The van der Waals surface area contributed by atoms with Crippen LogP contribution in [0.5, 0.6) is 0 Å². The first-order valence-corrected chi connectivity index (χ1v) is 7.76. The Balaban J connectivity index is 1.99. The van der Waals surface area contributed by atoms with E-state index in [9.17, 15) is 0 Å². The van der Waals surface area contributed by atoms with Gasteiger partial charge in [-0.2, -0.15) is 0 Å². The summed E-state index contributed by atoms with van der Waals surface area (Å²) >= 11 is 1.74. The lowest BCUT2D eigenvalue weighted by Gasteiger charge is -2.20. The van der Waals surface area contributed by atoms with Crippen molar-refractivity contribution in [3.63, 3.8) is 0 Å². The Labute approximate surface area is 124 Å². The van der Waals surface area contributed by atoms with Crippen LogP contribution in [-0.2, 0) is 13.1 Å². The van der Waals surface area contributed by atoms with Gasteiger partial charge < -0.3 is 14.6 Å². The normalized spacial score (nSPS) is 11.8. The third kappa shape index (κ3) is 4.35. The second-order valence-corrected chi connectivity index (χ2v) is 6.90. The van der Waals surface area contributed by atoms with Gasteiger partial charge in [-0.25, -0.2) is 4.98 Å². The van der Waals surface area contributed by atoms with Gasteiger partial charge in [0.1, 0.15) is 5.76 Å². The highest BCUT2D eigenvalue weighted by Gasteiger charge is 2.13. The van der Waals surface area contributed by atoms with Crippen LogP contribution in [-0.4, -0.2) is 17.1 Å². The van der Waals surface area contributed by atoms with Crippen molar-refractivity contribution in [1.29, 1.82) is 0 Å². The molecule has 2 heterocycles. The molecular formula is C15H23N3OS. The van der Waals surface area contributed by atoms with Gasteiger partial charge in [0.05, 0.1) is 12.8 Å². The van der Waals surface area contributed by atoms with Gasteiger partial charge >= 0.3 is 0 Å². The summed E-state index contributed by atoms with van der Waals surface area (Å²) in [5.41, 5.74) is 0.128. The van der Waals surface area contributed by atoms with Gasteiger partial charge in [-0.1, -0.05) is 0 Å². The number of hydrogen-bond acceptors (Lipinski definition) is 5. The zero-order valence-electron chi connectivity index (χ0n) is 12.6. The van der Waals surface area contributed by atoms with E-state index >= 15 is 0 Å². The summed E-state index contributed by atoms with van der Waals surface area (Å²) < 4.78 is 5.41. The molecule has 4 nitrogen and oxygen atoms in total. The molecule has 0 spiro atoms. The van der Waals surface area contributed by atoms with Crippen molar-refractivity contribution in [2.24, 2.45) is 0 Å². The summed E-state index contributed by atoms with van der Waals surface area (Å²) in [6, 6.07) is 3.92. The first-order chi connectivity index (χ1) is 9.48. The van der Waals surface area contributed by atoms with Crippen LogP contribution in [0.25, 0.3) is 0 Å². The predicted octanol–water partition coefficient (Wildman–Crippen LogP) is 3.65. The number of nitrogens with one attached hydrogen (secondary N) is 1. The molecule has 0 radical (unpaired) electrons. The second-order valence-electron chi connectivity index (χ2n) is 5.81. The molecule has 2 aromatic heterocycles. The largest absolute Gasteiger partial charge is 0.467 e. The summed E-state index contributed by atoms with van der Waals surface area (Å²) in [5, 5.41) is 4.54. The summed E-state index contributed by atoms with van der Waals surface area (Å²) in [6.45, 7) is 11.2. The molecule has 0 atom stereocenters. The van der Waals surface area contributed by atoms with E-state index in [0.717, 1.165) is 30.5 Å². The van der Waals surface area contributed by atoms with Crippen molar-refractivity contribution < 1.29 is 4.42 Å². The van der Waals surface area contributed by atoms with Crippen molar-refractivity contribution >= 4 is 16.5 Å². The standard InChI is InChI=1S/C15H23N3OS/c1-5-18(11-12-7-6-8-19-12)14-16-9-13(20-14)10-17-15(2,3)4/h6-9,17H,5,10-11H2,1-4H3. The Bertz CT molecular complexity index is 513. The van der Waals surface area contributed by atoms with E-state index in [1.54, 1.807) is 17.6 Å². The number of hydrogen-bond donors (Lipinski definition) is 1. The molecule has 110 valence electrons. The Morgan fingerprint density at radius 3 is 2.80 bits per heavy atom. The monoisotopic (exact) mass is 293 g/mol. The Morgan fingerprint density at radius 1 is 1.40 bits per heavy atom. The summed E-state index contributed by atoms with van der Waals surface area (Å²) in [4.78, 5) is 8.01. The van der Waals surface area contributed by atoms with E-state index < -0.39 is 0 Å². The van der Waals surface area contributed by atoms with Crippen molar-refractivity contribution in [3.05, 3.63) is 35.2 Å². The van der Waals surface area contributed by atoms with Gasteiger partial charge in [0.15, 0.2) is 5.13 Å². The molecule has 0 saturated carbocycles. The molecule has 0 amide bonds. The molecular weight excluding hydrogens is 270 g/mol. The quantitative estimate of drug-likeness (QED) is 0.882. The molecule has 0 aliphatic rings. The number of rotatable bonds is 6. The SMILES string of the molecule is CCN(Cc1ccco1)c1ncc(CNC(C)(C)C)s1. The fourth-order valence-corrected chi connectivity index (χ4v) is 2.70. The maximum Gasteiger partial charge on any atom is 0.185 e. The van der Waals surface area contributed by atoms with E-state index in [0.29, 0.717) is 0 Å². The lowest BCUT2D eigenvalue weighted by molar-refractivity contribution is 0.426. The van der Waals surface area contributed by atoms with Crippen molar-refractivity contribution in [2.75, 3.05) is 11.4 Å². The zero-order chi connectivity index (χ0) is 14.6. The Morgan fingerprint density at radius 2 is 2.20 bits per heavy atom. The highest BCUT2D eigenvalue weighted by atomic mass is 32.1. The number of anilines is 1. The number of furan rings is 1. The Kier molecular flexibility index (Phi) is 4.83. The molecule has 2 aromatic rings. The van der Waals surface area contributed by atoms with Crippen LogP contribution in [0.4, 0.5) is 5.13 Å². The smallest absolute Gasteiger partial charge is 0.185 e. The molecule has 20 heavy (non-hydrogen) atoms. The highest BCUT2D eigenvalue weighted by Crippen LogP contribution is 2.24. The molecule has 0 fully saturated rings. The molecule has 0 aliphatic heterocycles. The molecule has 1 N–H and O–H groups in total. The lowest BCUT2D eigenvalue weighted by atomic mass is 10.1. The van der Waals surface area contributed by atoms with Gasteiger partial charge in [0.25, 0.3) is 0 Å². The molecule has 0 aliphatic carbocycles. The van der Waals surface area contributed by atoms with Gasteiger partial charge in [-0.05, 0) is 39.8 Å². The van der Waals surface area contributed by atoms with E-state index in [2.05, 4.69) is 42.9 Å². The van der Waals surface area contributed by atoms with Crippen LogP contribution in [0.2, 0.25) is 0 Å². The first-order valence-electron chi connectivity index (χ1n) is 6.95. The van der Waals surface area contributed by atoms with Gasteiger partial charge in [-0.3, -0.25) is 0 Å². The van der Waals surface area contributed by atoms with E-state index in [4.69, 9.17) is 4.42 Å². The van der Waals surface area contributed by atoms with Crippen molar-refractivity contribution in [3.8, 4) is 0 Å². The van der Waals surface area contributed by atoms with E-state index in [1.165, 1.54) is 4.88 Å². The molecule has 0 bridgehead atoms. The highest BCUT2D eigenvalue weighted by molar-refractivity contribution is 7.15. The van der Waals surface area contributed by atoms with Crippen molar-refractivity contribution in [2.45, 2.75) is 46.3 Å². The maximum atomic E-state index is 5.41. The Hall–Kier alpha value is -1.33. The van der Waals surface area contributed by atoms with Crippen LogP contribution in [0.3, 0.4) is 0 Å². The van der Waals surface area contributed by atoms with Gasteiger partial charge in [0, 0.05) is 29.7 Å². The minimum absolute atomic E-state index is 0.128. The molecule has 2 rings (SSSR count). The third-order valence-electron chi connectivity index (χ3n) is 2.91. The average Bonchev–Trinajstić information content (AvgIpc) is 3.04. The maximum absolute atomic E-state index is 5.41. The van der Waals surface area contributed by atoms with Crippen molar-refractivity contribution in [1.82, 2.24) is 10.3 Å². The number of nitrogens with zero attached hydrogens (tertiary/aromatic N) is 2. The summed E-state index contributed by atoms with van der Waals surface area (Å²) in [6.07, 6.45) is 3.67. The van der Waals surface area contributed by atoms with Crippen LogP contribution in [0.1, 0.15) is 38.3 Å². The van der Waals surface area contributed by atoms with Gasteiger partial charge in [-0.15, -0.1) is 11.3 Å². The van der Waals surface area contributed by atoms with Crippen LogP contribution < -0.4 is 10.2 Å². The van der Waals surface area contributed by atoms with E-state index in [1.807, 2.05) is 18.3 Å². The predicted molar refractivity (Wildman–Crippen MR) is 84.1 cm³/mol. The summed E-state index contributed by atoms with van der Waals surface area (Å²) in [5.74, 6) is 0.969. The molecule has 0 aromatic carbocycles. The molecule has 0 saturated heterocycles. The number of aromatic nitrogens is 1. The lowest BCUT2D eigenvalue weighted by Crippen LogP contribution is -2.34. The molecule has 5 heteroatoms. The fourth-order valence-electron chi connectivity index (χ4n) is 1.78. The van der Waals surface area contributed by atoms with Crippen LogP contribution in [0.15, 0.2) is 29.0 Å². The second kappa shape index (κ2) is 6.41. The fraction of sp³-hybridized carbons (Fsp3) is 0.533. The van der Waals surface area contributed by atoms with Crippen LogP contribution in [0, 0.1) is 0 Å². The average molecular weight is 293 g/mol. The molecule has 0 unspecified atom stereocenters. The first kappa shape index (κ1) is 15.1. The minimum atomic E-state index is 0.128. The third-order valence-corrected chi connectivity index (χ3v) is 3.97. The topological polar surface area (TPSA) is 41.3 Å².